The minimum Gasteiger partial charge on any atom is -0.326 e. The van der Waals surface area contributed by atoms with Gasteiger partial charge in [-0.05, 0) is 37.6 Å². The third-order valence-electron chi connectivity index (χ3n) is 4.45. The van der Waals surface area contributed by atoms with Gasteiger partial charge < -0.3 is 5.32 Å². The van der Waals surface area contributed by atoms with Crippen LogP contribution < -0.4 is 5.32 Å². The van der Waals surface area contributed by atoms with Gasteiger partial charge in [0, 0.05) is 37.1 Å². The first kappa shape index (κ1) is 17.9. The summed E-state index contributed by atoms with van der Waals surface area (Å²) in [5, 5.41) is 15.6. The van der Waals surface area contributed by atoms with E-state index >= 15 is 0 Å². The Morgan fingerprint density at radius 3 is 2.73 bits per heavy atom. The van der Waals surface area contributed by atoms with Crippen molar-refractivity contribution in [3.05, 3.63) is 47.3 Å². The fourth-order valence-electron chi connectivity index (χ4n) is 2.96. The van der Waals surface area contributed by atoms with Gasteiger partial charge in [-0.2, -0.15) is 15.3 Å². The van der Waals surface area contributed by atoms with Gasteiger partial charge in [0.25, 0.3) is 0 Å². The van der Waals surface area contributed by atoms with E-state index in [0.29, 0.717) is 25.8 Å². The molecule has 0 saturated carbocycles. The lowest BCUT2D eigenvalue weighted by Gasteiger charge is -2.10. The van der Waals surface area contributed by atoms with E-state index in [1.165, 1.54) is 0 Å². The Balaban J connectivity index is 1.54. The number of benzene rings is 1. The molecule has 1 N–H and O–H groups in total. The fraction of sp³-hybridized carbons (Fsp3) is 0.400. The summed E-state index contributed by atoms with van der Waals surface area (Å²) in [4.78, 5) is 12.2. The highest BCUT2D eigenvalue weighted by Gasteiger charge is 2.39. The minimum absolute atomic E-state index is 0.0364. The van der Waals surface area contributed by atoms with Crippen molar-refractivity contribution in [2.75, 3.05) is 5.32 Å². The molecule has 2 aromatic rings. The standard InChI is InChI=1S/C20H23N5O/c1-4-5-10-20(23-24-20)11-9-19(26)21-18-8-6-7-17(13-18)14-25-16(3)12-15(2)22-25/h1,6-8,12-13H,5,9-11,14H2,2-3H3,(H,21,26). The summed E-state index contributed by atoms with van der Waals surface area (Å²) in [5.41, 5.74) is 3.58. The number of rotatable bonds is 8. The van der Waals surface area contributed by atoms with Crippen LogP contribution >= 0.6 is 0 Å². The van der Waals surface area contributed by atoms with Crippen LogP contribution in [0.1, 0.15) is 42.6 Å². The van der Waals surface area contributed by atoms with Gasteiger partial charge in [-0.25, -0.2) is 0 Å². The molecule has 1 aromatic heterocycles. The third kappa shape index (κ3) is 4.57. The number of aromatic nitrogens is 2. The van der Waals surface area contributed by atoms with Crippen LogP contribution in [0.25, 0.3) is 0 Å². The van der Waals surface area contributed by atoms with Gasteiger partial charge in [0.05, 0.1) is 12.2 Å². The van der Waals surface area contributed by atoms with E-state index < -0.39 is 5.66 Å². The van der Waals surface area contributed by atoms with Crippen LogP contribution in [0, 0.1) is 26.2 Å². The number of hydrogen-bond acceptors (Lipinski definition) is 4. The zero-order valence-electron chi connectivity index (χ0n) is 15.2. The van der Waals surface area contributed by atoms with Gasteiger partial charge >= 0.3 is 0 Å². The normalized spacial score (nSPS) is 14.0. The van der Waals surface area contributed by atoms with Crippen LogP contribution in [-0.2, 0) is 11.3 Å². The van der Waals surface area contributed by atoms with Crippen molar-refractivity contribution in [3.63, 3.8) is 0 Å². The molecule has 2 heterocycles. The van der Waals surface area contributed by atoms with Crippen LogP contribution in [0.3, 0.4) is 0 Å². The van der Waals surface area contributed by atoms with E-state index in [4.69, 9.17) is 6.42 Å². The summed E-state index contributed by atoms with van der Waals surface area (Å²) in [5.74, 6) is 2.56. The first-order chi connectivity index (χ1) is 12.5. The maximum Gasteiger partial charge on any atom is 0.224 e. The van der Waals surface area contributed by atoms with Gasteiger partial charge in [0.1, 0.15) is 0 Å². The number of terminal acetylenes is 1. The molecule has 1 aromatic carbocycles. The Morgan fingerprint density at radius 2 is 2.08 bits per heavy atom. The lowest BCUT2D eigenvalue weighted by Crippen LogP contribution is -2.17. The second-order valence-electron chi connectivity index (χ2n) is 6.72. The van der Waals surface area contributed by atoms with E-state index in [2.05, 4.69) is 32.6 Å². The fourth-order valence-corrected chi connectivity index (χ4v) is 2.96. The molecule has 134 valence electrons. The molecule has 6 nitrogen and oxygen atoms in total. The zero-order valence-corrected chi connectivity index (χ0v) is 15.2. The molecule has 1 aliphatic heterocycles. The average Bonchev–Trinajstić information content (AvgIpc) is 3.31. The summed E-state index contributed by atoms with van der Waals surface area (Å²) < 4.78 is 1.96. The highest BCUT2D eigenvalue weighted by atomic mass is 16.1. The van der Waals surface area contributed by atoms with Crippen molar-refractivity contribution in [1.82, 2.24) is 9.78 Å². The molecule has 0 bridgehead atoms. The van der Waals surface area contributed by atoms with Crippen molar-refractivity contribution in [1.29, 1.82) is 0 Å². The molecular weight excluding hydrogens is 326 g/mol. The summed E-state index contributed by atoms with van der Waals surface area (Å²) >= 11 is 0. The smallest absolute Gasteiger partial charge is 0.224 e. The molecule has 0 unspecified atom stereocenters. The summed E-state index contributed by atoms with van der Waals surface area (Å²) in [6.07, 6.45) is 7.61. The molecule has 0 saturated heterocycles. The van der Waals surface area contributed by atoms with E-state index in [-0.39, 0.29) is 5.91 Å². The van der Waals surface area contributed by atoms with E-state index in [1.807, 2.05) is 42.8 Å². The number of nitrogens with one attached hydrogen (secondary N) is 1. The molecule has 6 heteroatoms. The van der Waals surface area contributed by atoms with E-state index in [9.17, 15) is 4.79 Å². The Morgan fingerprint density at radius 1 is 1.27 bits per heavy atom. The van der Waals surface area contributed by atoms with Crippen molar-refractivity contribution >= 4 is 11.6 Å². The lowest BCUT2D eigenvalue weighted by molar-refractivity contribution is -0.116. The highest BCUT2D eigenvalue weighted by molar-refractivity contribution is 5.90. The van der Waals surface area contributed by atoms with Crippen molar-refractivity contribution in [3.8, 4) is 12.3 Å². The second-order valence-corrected chi connectivity index (χ2v) is 6.72. The molecule has 0 atom stereocenters. The molecule has 0 aliphatic carbocycles. The van der Waals surface area contributed by atoms with Gasteiger partial charge in [-0.3, -0.25) is 9.48 Å². The summed E-state index contributed by atoms with van der Waals surface area (Å²) in [6.45, 7) is 4.70. The molecule has 0 fully saturated rings. The molecule has 3 rings (SSSR count). The average molecular weight is 349 g/mol. The maximum absolute atomic E-state index is 12.2. The number of carbonyl (C=O) groups excluding carboxylic acids is 1. The first-order valence-corrected chi connectivity index (χ1v) is 8.77. The Labute approximate surface area is 153 Å². The zero-order chi connectivity index (χ0) is 18.6. The monoisotopic (exact) mass is 349 g/mol. The number of aryl methyl sites for hydroxylation is 2. The molecule has 0 spiro atoms. The molecular formula is C20H23N5O. The van der Waals surface area contributed by atoms with Crippen LogP contribution in [0.2, 0.25) is 0 Å². The number of anilines is 1. The number of nitrogens with zero attached hydrogens (tertiary/aromatic N) is 4. The van der Waals surface area contributed by atoms with Crippen LogP contribution in [0.4, 0.5) is 5.69 Å². The van der Waals surface area contributed by atoms with Gasteiger partial charge in [-0.15, -0.1) is 12.3 Å². The largest absolute Gasteiger partial charge is 0.326 e. The van der Waals surface area contributed by atoms with E-state index in [0.717, 1.165) is 29.1 Å². The van der Waals surface area contributed by atoms with Crippen LogP contribution in [-0.4, -0.2) is 21.4 Å². The second kappa shape index (κ2) is 7.52. The number of carbonyl (C=O) groups is 1. The molecule has 26 heavy (non-hydrogen) atoms. The molecule has 0 radical (unpaired) electrons. The molecule has 1 amide bonds. The number of hydrogen-bond donors (Lipinski definition) is 1. The lowest BCUT2D eigenvalue weighted by atomic mass is 10.0. The topological polar surface area (TPSA) is 71.6 Å². The summed E-state index contributed by atoms with van der Waals surface area (Å²) in [7, 11) is 0. The predicted octanol–water partition coefficient (Wildman–Crippen LogP) is 3.84. The van der Waals surface area contributed by atoms with Crippen molar-refractivity contribution in [2.45, 2.75) is 51.7 Å². The third-order valence-corrected chi connectivity index (χ3v) is 4.45. The van der Waals surface area contributed by atoms with Crippen molar-refractivity contribution in [2.24, 2.45) is 10.2 Å². The van der Waals surface area contributed by atoms with Crippen molar-refractivity contribution < 1.29 is 4.79 Å². The molecule has 1 aliphatic rings. The quantitative estimate of drug-likeness (QED) is 0.736. The van der Waals surface area contributed by atoms with Crippen LogP contribution in [0.5, 0.6) is 0 Å². The number of amides is 1. The maximum atomic E-state index is 12.2. The minimum atomic E-state index is -0.416. The Kier molecular flexibility index (Phi) is 5.17. The first-order valence-electron chi connectivity index (χ1n) is 8.77. The van der Waals surface area contributed by atoms with Gasteiger partial charge in [0.2, 0.25) is 5.91 Å². The van der Waals surface area contributed by atoms with Gasteiger partial charge in [0.15, 0.2) is 5.66 Å². The SMILES string of the molecule is C#CCCC1(CCC(=O)Nc2cccc(Cn3nc(C)cc3C)c2)N=N1. The van der Waals surface area contributed by atoms with Crippen LogP contribution in [0.15, 0.2) is 40.6 Å². The van der Waals surface area contributed by atoms with E-state index in [1.54, 1.807) is 0 Å². The Bertz CT molecular complexity index is 869. The van der Waals surface area contributed by atoms with Gasteiger partial charge in [-0.1, -0.05) is 12.1 Å². The summed E-state index contributed by atoms with van der Waals surface area (Å²) in [6, 6.07) is 9.89. The highest BCUT2D eigenvalue weighted by Crippen LogP contribution is 2.37. The predicted molar refractivity (Wildman–Crippen MR) is 101 cm³/mol. The Hall–Kier alpha value is -2.94.